The molecule has 0 aliphatic rings. The zero-order valence-corrected chi connectivity index (χ0v) is 16.2. The Labute approximate surface area is 168 Å². The van der Waals surface area contributed by atoms with Crippen molar-refractivity contribution in [3.63, 3.8) is 0 Å². The van der Waals surface area contributed by atoms with Crippen LogP contribution in [0.3, 0.4) is 0 Å². The Hall–Kier alpha value is -3.99. The van der Waals surface area contributed by atoms with E-state index >= 15 is 0 Å². The molecule has 0 amide bonds. The summed E-state index contributed by atoms with van der Waals surface area (Å²) in [6, 6.07) is 10.4. The predicted octanol–water partition coefficient (Wildman–Crippen LogP) is 3.51. The number of fused-ring (bicyclic) bond motifs is 1. The number of nitrogen functional groups attached to an aromatic ring is 1. The molecule has 0 saturated heterocycles. The molecule has 0 bridgehead atoms. The van der Waals surface area contributed by atoms with Crippen molar-refractivity contribution in [2.45, 2.75) is 26.8 Å². The van der Waals surface area contributed by atoms with Gasteiger partial charge < -0.3 is 10.3 Å². The fourth-order valence-corrected chi connectivity index (χ4v) is 3.44. The van der Waals surface area contributed by atoms with Gasteiger partial charge in [0.1, 0.15) is 42.2 Å². The highest BCUT2D eigenvalue weighted by Crippen LogP contribution is 2.38. The number of hydrogen-bond acceptors (Lipinski definition) is 6. The molecule has 0 aliphatic heterocycles. The second-order valence-electron chi connectivity index (χ2n) is 6.72. The van der Waals surface area contributed by atoms with Crippen molar-refractivity contribution < 1.29 is 0 Å². The fraction of sp³-hybridized carbons (Fsp3) is 0.190. The lowest BCUT2D eigenvalue weighted by molar-refractivity contribution is 0.692. The highest BCUT2D eigenvalue weighted by molar-refractivity contribution is 6.05. The van der Waals surface area contributed by atoms with Gasteiger partial charge in [0.25, 0.3) is 0 Å². The Morgan fingerprint density at radius 2 is 2.00 bits per heavy atom. The Morgan fingerprint density at radius 1 is 1.21 bits per heavy atom. The van der Waals surface area contributed by atoms with E-state index in [0.717, 1.165) is 46.4 Å². The van der Waals surface area contributed by atoms with Crippen LogP contribution >= 0.6 is 0 Å². The molecule has 0 radical (unpaired) electrons. The van der Waals surface area contributed by atoms with Gasteiger partial charge in [0.05, 0.1) is 11.1 Å². The number of anilines is 1. The summed E-state index contributed by atoms with van der Waals surface area (Å²) >= 11 is 0. The second kappa shape index (κ2) is 7.56. The van der Waals surface area contributed by atoms with Crippen LogP contribution in [-0.4, -0.2) is 29.3 Å². The average Bonchev–Trinajstić information content (AvgIpc) is 3.35. The third-order valence-electron chi connectivity index (χ3n) is 4.75. The molecule has 4 rings (SSSR count). The average molecular weight is 384 g/mol. The zero-order chi connectivity index (χ0) is 20.4. The molecular weight excluding hydrogens is 364 g/mol. The second-order valence-corrected chi connectivity index (χ2v) is 6.72. The molecule has 0 aliphatic carbocycles. The largest absolute Gasteiger partial charge is 0.383 e. The Morgan fingerprint density at radius 3 is 2.66 bits per heavy atom. The number of hydrogen-bond donors (Lipinski definition) is 1. The number of allylic oxidation sites excluding steroid dienone is 1. The number of nitrogens with zero attached hydrogens (tertiary/aromatic N) is 7. The summed E-state index contributed by atoms with van der Waals surface area (Å²) in [5.74, 6) is 0.411. The van der Waals surface area contributed by atoms with Gasteiger partial charge in [-0.05, 0) is 25.0 Å². The molecular formula is C21H20N8. The van der Waals surface area contributed by atoms with Gasteiger partial charge in [0, 0.05) is 12.1 Å². The minimum Gasteiger partial charge on any atom is -0.383 e. The van der Waals surface area contributed by atoms with Gasteiger partial charge in [-0.2, -0.15) is 10.4 Å². The molecule has 3 heterocycles. The number of aryl methyl sites for hydroxylation is 2. The minimum absolute atomic E-state index is 0.350. The van der Waals surface area contributed by atoms with Gasteiger partial charge in [0.15, 0.2) is 0 Å². The van der Waals surface area contributed by atoms with E-state index in [4.69, 9.17) is 5.73 Å². The molecule has 0 unspecified atom stereocenters. The van der Waals surface area contributed by atoms with Crippen LogP contribution in [0.2, 0.25) is 0 Å². The lowest BCUT2D eigenvalue weighted by atomic mass is 10.0. The lowest BCUT2D eigenvalue weighted by Crippen LogP contribution is -2.03. The molecule has 8 nitrogen and oxygen atoms in total. The summed E-state index contributed by atoms with van der Waals surface area (Å²) in [6.45, 7) is 4.86. The first-order valence-corrected chi connectivity index (χ1v) is 9.30. The summed E-state index contributed by atoms with van der Waals surface area (Å²) in [5, 5.41) is 14.6. The summed E-state index contributed by atoms with van der Waals surface area (Å²) < 4.78 is 3.53. The number of aromatic nitrogens is 6. The van der Waals surface area contributed by atoms with Crippen LogP contribution < -0.4 is 5.73 Å². The Balaban J connectivity index is 2.10. The van der Waals surface area contributed by atoms with Gasteiger partial charge >= 0.3 is 0 Å². The van der Waals surface area contributed by atoms with Gasteiger partial charge in [-0.25, -0.2) is 19.6 Å². The Bertz CT molecular complexity index is 1220. The molecule has 2 N–H and O–H groups in total. The first kappa shape index (κ1) is 18.4. The van der Waals surface area contributed by atoms with E-state index in [1.807, 2.05) is 19.1 Å². The van der Waals surface area contributed by atoms with E-state index in [0.29, 0.717) is 11.5 Å². The highest BCUT2D eigenvalue weighted by Gasteiger charge is 2.21. The van der Waals surface area contributed by atoms with Crippen molar-refractivity contribution in [3.05, 3.63) is 54.5 Å². The van der Waals surface area contributed by atoms with Crippen LogP contribution in [0.15, 0.2) is 43.2 Å². The number of nitriles is 1. The van der Waals surface area contributed by atoms with E-state index in [2.05, 4.69) is 49.7 Å². The van der Waals surface area contributed by atoms with Crippen LogP contribution in [0.4, 0.5) is 5.82 Å². The van der Waals surface area contributed by atoms with Crippen LogP contribution in [0.1, 0.15) is 24.6 Å². The zero-order valence-electron chi connectivity index (χ0n) is 16.2. The van der Waals surface area contributed by atoms with E-state index < -0.39 is 0 Å². The topological polar surface area (TPSA) is 111 Å². The third-order valence-corrected chi connectivity index (χ3v) is 4.75. The maximum atomic E-state index is 9.74. The summed E-state index contributed by atoms with van der Waals surface area (Å²) in [6.07, 6.45) is 7.07. The predicted molar refractivity (Wildman–Crippen MR) is 112 cm³/mol. The summed E-state index contributed by atoms with van der Waals surface area (Å²) in [4.78, 5) is 12.7. The summed E-state index contributed by atoms with van der Waals surface area (Å²) in [5.41, 5.74) is 11.3. The molecule has 8 heteroatoms. The van der Waals surface area contributed by atoms with Gasteiger partial charge in [-0.1, -0.05) is 36.8 Å². The van der Waals surface area contributed by atoms with Crippen molar-refractivity contribution in [2.75, 3.05) is 5.73 Å². The smallest absolute Gasteiger partial charge is 0.146 e. The minimum atomic E-state index is 0.350. The van der Waals surface area contributed by atoms with E-state index in [1.54, 1.807) is 6.08 Å². The van der Waals surface area contributed by atoms with E-state index in [-0.39, 0.29) is 0 Å². The molecule has 4 aromatic rings. The van der Waals surface area contributed by atoms with Crippen molar-refractivity contribution in [3.8, 4) is 17.2 Å². The van der Waals surface area contributed by atoms with Crippen LogP contribution in [-0.2, 0) is 6.54 Å². The number of nitrogens with two attached hydrogens (primary N) is 1. The molecule has 29 heavy (non-hydrogen) atoms. The highest BCUT2D eigenvalue weighted by atomic mass is 15.3. The molecule has 144 valence electrons. The standard InChI is InChI=1S/C21H20N8/c1-3-8-28-17(9-16(10-22)29-13-24-11-27-29)18(15-6-4-14(2)5-7-15)19-20(23)25-12-26-21(19)28/h4-7,9,11-13H,3,8H2,1-2H3,(H2,23,25,26)/b16-9+. The van der Waals surface area contributed by atoms with Crippen molar-refractivity contribution >= 4 is 28.6 Å². The maximum Gasteiger partial charge on any atom is 0.146 e. The molecule has 0 spiro atoms. The fourth-order valence-electron chi connectivity index (χ4n) is 3.44. The van der Waals surface area contributed by atoms with Crippen LogP contribution in [0, 0.1) is 18.3 Å². The lowest BCUT2D eigenvalue weighted by Gasteiger charge is -2.09. The van der Waals surface area contributed by atoms with Crippen molar-refractivity contribution in [1.82, 2.24) is 29.3 Å². The van der Waals surface area contributed by atoms with E-state index in [9.17, 15) is 5.26 Å². The first-order chi connectivity index (χ1) is 14.1. The molecule has 0 fully saturated rings. The first-order valence-electron chi connectivity index (χ1n) is 9.30. The molecule has 0 saturated carbocycles. The SMILES string of the molecule is CCCn1c(/C=C(\C#N)n2cncn2)c(-c2ccc(C)cc2)c2c(N)ncnc21. The monoisotopic (exact) mass is 384 g/mol. The Kier molecular flexibility index (Phi) is 4.79. The molecule has 1 aromatic carbocycles. The number of benzene rings is 1. The quantitative estimate of drug-likeness (QED) is 0.527. The van der Waals surface area contributed by atoms with Crippen molar-refractivity contribution in [1.29, 1.82) is 5.26 Å². The molecule has 3 aromatic heterocycles. The summed E-state index contributed by atoms with van der Waals surface area (Å²) in [7, 11) is 0. The van der Waals surface area contributed by atoms with Gasteiger partial charge in [-0.15, -0.1) is 0 Å². The van der Waals surface area contributed by atoms with Crippen LogP contribution in [0.5, 0.6) is 0 Å². The maximum absolute atomic E-state index is 9.74. The van der Waals surface area contributed by atoms with Crippen LogP contribution in [0.25, 0.3) is 33.9 Å². The third kappa shape index (κ3) is 3.23. The van der Waals surface area contributed by atoms with Gasteiger partial charge in [0.2, 0.25) is 0 Å². The van der Waals surface area contributed by atoms with Crippen molar-refractivity contribution in [2.24, 2.45) is 0 Å². The normalized spacial score (nSPS) is 11.7. The number of rotatable bonds is 5. The molecule has 0 atom stereocenters. The van der Waals surface area contributed by atoms with Gasteiger partial charge in [-0.3, -0.25) is 0 Å². The van der Waals surface area contributed by atoms with E-state index in [1.165, 1.54) is 23.7 Å².